The first-order valence-corrected chi connectivity index (χ1v) is 9.37. The molecule has 0 bridgehead atoms. The fourth-order valence-corrected chi connectivity index (χ4v) is 4.25. The number of benzene rings is 1. The Morgan fingerprint density at radius 2 is 2.18 bits per heavy atom. The molecule has 0 amide bonds. The number of carbonyl (C=O) groups is 1. The quantitative estimate of drug-likeness (QED) is 0.589. The monoisotopic (exact) mass is 376 g/mol. The van der Waals surface area contributed by atoms with E-state index in [1.807, 2.05) is 48.0 Å². The molecule has 1 atom stereocenters. The minimum atomic E-state index is -0.839. The van der Waals surface area contributed by atoms with Crippen molar-refractivity contribution in [2.45, 2.75) is 31.8 Å². The first-order chi connectivity index (χ1) is 13.6. The Morgan fingerprint density at radius 1 is 1.32 bits per heavy atom. The number of oxazole rings is 1. The van der Waals surface area contributed by atoms with Crippen LogP contribution in [0.25, 0.3) is 22.1 Å². The van der Waals surface area contributed by atoms with Gasteiger partial charge in [-0.25, -0.2) is 0 Å². The zero-order chi connectivity index (χ0) is 19.3. The highest BCUT2D eigenvalue weighted by Crippen LogP contribution is 2.34. The van der Waals surface area contributed by atoms with Gasteiger partial charge in [0.2, 0.25) is 0 Å². The van der Waals surface area contributed by atoms with E-state index < -0.39 is 5.97 Å². The maximum atomic E-state index is 11.4. The van der Waals surface area contributed by atoms with Crippen molar-refractivity contribution in [2.24, 2.45) is 0 Å². The first-order valence-electron chi connectivity index (χ1n) is 9.37. The topological polar surface area (TPSA) is 84.4 Å². The molecule has 1 aromatic carbocycles. The third kappa shape index (κ3) is 2.62. The van der Waals surface area contributed by atoms with Crippen molar-refractivity contribution in [3.8, 4) is 0 Å². The fraction of sp³-hybridized carbons (Fsp3) is 0.286. The maximum Gasteiger partial charge on any atom is 0.323 e. The van der Waals surface area contributed by atoms with E-state index in [1.165, 1.54) is 0 Å². The van der Waals surface area contributed by atoms with Crippen LogP contribution in [0.1, 0.15) is 17.7 Å². The van der Waals surface area contributed by atoms with Gasteiger partial charge in [-0.3, -0.25) is 9.78 Å². The summed E-state index contributed by atoms with van der Waals surface area (Å²) in [4.78, 5) is 22.6. The largest absolute Gasteiger partial charge is 0.480 e. The molecule has 0 radical (unpaired) electrons. The van der Waals surface area contributed by atoms with Gasteiger partial charge in [0.15, 0.2) is 5.58 Å². The summed E-state index contributed by atoms with van der Waals surface area (Å²) in [6.45, 7) is -0.0385. The SMILES string of the molecule is CN(c1nc2ccccc2o1)C1CCc2c(c3ncccc3n2CC(=O)O)C1. The van der Waals surface area contributed by atoms with Crippen LogP contribution in [0.3, 0.4) is 0 Å². The number of fused-ring (bicyclic) bond motifs is 4. The highest BCUT2D eigenvalue weighted by molar-refractivity contribution is 5.83. The summed E-state index contributed by atoms with van der Waals surface area (Å²) >= 11 is 0. The molecule has 7 nitrogen and oxygen atoms in total. The van der Waals surface area contributed by atoms with Gasteiger partial charge in [0, 0.05) is 30.5 Å². The van der Waals surface area contributed by atoms with Crippen LogP contribution < -0.4 is 4.90 Å². The van der Waals surface area contributed by atoms with Gasteiger partial charge < -0.3 is 19.0 Å². The van der Waals surface area contributed by atoms with E-state index >= 15 is 0 Å². The van der Waals surface area contributed by atoms with E-state index in [1.54, 1.807) is 6.20 Å². The van der Waals surface area contributed by atoms with Crippen molar-refractivity contribution in [3.05, 3.63) is 53.9 Å². The van der Waals surface area contributed by atoms with Crippen molar-refractivity contribution in [1.29, 1.82) is 0 Å². The molecule has 3 aromatic heterocycles. The van der Waals surface area contributed by atoms with Crippen LogP contribution in [0.15, 0.2) is 47.0 Å². The smallest absolute Gasteiger partial charge is 0.323 e. The van der Waals surface area contributed by atoms with Gasteiger partial charge in [0.25, 0.3) is 6.01 Å². The molecular formula is C21H20N4O3. The molecule has 0 aliphatic heterocycles. The van der Waals surface area contributed by atoms with Gasteiger partial charge in [0.1, 0.15) is 12.1 Å². The van der Waals surface area contributed by atoms with Gasteiger partial charge in [0.05, 0.1) is 11.0 Å². The van der Waals surface area contributed by atoms with Crippen molar-refractivity contribution < 1.29 is 14.3 Å². The van der Waals surface area contributed by atoms with E-state index in [0.717, 1.165) is 52.7 Å². The Labute approximate surface area is 161 Å². The lowest BCUT2D eigenvalue weighted by Gasteiger charge is -2.30. The number of para-hydroxylation sites is 2. The van der Waals surface area contributed by atoms with Crippen molar-refractivity contribution in [1.82, 2.24) is 14.5 Å². The third-order valence-corrected chi connectivity index (χ3v) is 5.62. The summed E-state index contributed by atoms with van der Waals surface area (Å²) < 4.78 is 7.83. The Kier molecular flexibility index (Phi) is 3.82. The highest BCUT2D eigenvalue weighted by atomic mass is 16.4. The number of pyridine rings is 1. The molecule has 0 spiro atoms. The second kappa shape index (κ2) is 6.37. The molecule has 0 saturated carbocycles. The number of aromatic nitrogens is 3. The van der Waals surface area contributed by atoms with Gasteiger partial charge in [-0.15, -0.1) is 0 Å². The Bertz CT molecular complexity index is 1160. The summed E-state index contributed by atoms with van der Waals surface area (Å²) in [7, 11) is 2.00. The molecule has 1 N–H and O–H groups in total. The molecule has 4 aromatic rings. The van der Waals surface area contributed by atoms with Crippen molar-refractivity contribution in [2.75, 3.05) is 11.9 Å². The molecule has 5 rings (SSSR count). The van der Waals surface area contributed by atoms with Crippen LogP contribution in [0.4, 0.5) is 6.01 Å². The number of anilines is 1. The standard InChI is InChI=1S/C21H20N4O3/c1-24(21-23-15-5-2-3-7-18(15)28-21)13-8-9-16-14(11-13)20-17(6-4-10-22-20)25(16)12-19(26)27/h2-7,10,13H,8-9,11-12H2,1H3,(H,26,27). The number of hydrogen-bond donors (Lipinski definition) is 1. The highest BCUT2D eigenvalue weighted by Gasteiger charge is 2.30. The molecule has 1 unspecified atom stereocenters. The third-order valence-electron chi connectivity index (χ3n) is 5.62. The predicted octanol–water partition coefficient (Wildman–Crippen LogP) is 3.26. The Hall–Kier alpha value is -3.35. The second-order valence-electron chi connectivity index (χ2n) is 7.25. The lowest BCUT2D eigenvalue weighted by Crippen LogP contribution is -2.37. The average molecular weight is 376 g/mol. The normalized spacial score (nSPS) is 16.4. The number of nitrogens with zero attached hydrogens (tertiary/aromatic N) is 4. The van der Waals surface area contributed by atoms with E-state index in [2.05, 4.69) is 14.9 Å². The lowest BCUT2D eigenvalue weighted by molar-refractivity contribution is -0.137. The predicted molar refractivity (Wildman–Crippen MR) is 106 cm³/mol. The van der Waals surface area contributed by atoms with Gasteiger partial charge in [-0.1, -0.05) is 12.1 Å². The van der Waals surface area contributed by atoms with E-state index in [0.29, 0.717) is 6.01 Å². The Morgan fingerprint density at radius 3 is 3.00 bits per heavy atom. The van der Waals surface area contributed by atoms with Crippen molar-refractivity contribution >= 4 is 34.1 Å². The lowest BCUT2D eigenvalue weighted by atomic mass is 9.92. The van der Waals surface area contributed by atoms with Gasteiger partial charge in [-0.05, 0) is 43.5 Å². The van der Waals surface area contributed by atoms with Crippen LogP contribution >= 0.6 is 0 Å². The number of hydrogen-bond acceptors (Lipinski definition) is 5. The number of carboxylic acids is 1. The fourth-order valence-electron chi connectivity index (χ4n) is 4.25. The summed E-state index contributed by atoms with van der Waals surface area (Å²) in [6.07, 6.45) is 4.25. The average Bonchev–Trinajstić information content (AvgIpc) is 3.27. The molecule has 7 heteroatoms. The summed E-state index contributed by atoms with van der Waals surface area (Å²) in [5.41, 5.74) is 5.63. The van der Waals surface area contributed by atoms with Crippen LogP contribution in [0.2, 0.25) is 0 Å². The van der Waals surface area contributed by atoms with Crippen molar-refractivity contribution in [3.63, 3.8) is 0 Å². The molecule has 28 heavy (non-hydrogen) atoms. The number of carboxylic acid groups (broad SMARTS) is 1. The van der Waals surface area contributed by atoms with Gasteiger partial charge in [-0.2, -0.15) is 4.98 Å². The number of likely N-dealkylation sites (N-methyl/N-ethyl adjacent to an activating group) is 1. The molecule has 1 aliphatic carbocycles. The summed E-state index contributed by atoms with van der Waals surface area (Å²) in [5, 5.41) is 9.33. The van der Waals surface area contributed by atoms with Gasteiger partial charge >= 0.3 is 5.97 Å². The number of rotatable bonds is 4. The van der Waals surface area contributed by atoms with E-state index in [-0.39, 0.29) is 12.6 Å². The summed E-state index contributed by atoms with van der Waals surface area (Å²) in [5.74, 6) is -0.839. The molecule has 142 valence electrons. The summed E-state index contributed by atoms with van der Waals surface area (Å²) in [6, 6.07) is 12.4. The maximum absolute atomic E-state index is 11.4. The minimum absolute atomic E-state index is 0.0385. The zero-order valence-corrected chi connectivity index (χ0v) is 15.5. The van der Waals surface area contributed by atoms with Crippen LogP contribution in [-0.2, 0) is 24.2 Å². The Balaban J connectivity index is 1.51. The molecular weight excluding hydrogens is 356 g/mol. The van der Waals surface area contributed by atoms with Crippen LogP contribution in [0, 0.1) is 0 Å². The number of aliphatic carboxylic acids is 1. The molecule has 3 heterocycles. The van der Waals surface area contributed by atoms with Crippen LogP contribution in [0.5, 0.6) is 0 Å². The van der Waals surface area contributed by atoms with Crippen LogP contribution in [-0.4, -0.2) is 38.7 Å². The molecule has 0 saturated heterocycles. The van der Waals surface area contributed by atoms with E-state index in [4.69, 9.17) is 4.42 Å². The molecule has 1 aliphatic rings. The zero-order valence-electron chi connectivity index (χ0n) is 15.5. The minimum Gasteiger partial charge on any atom is -0.480 e. The molecule has 0 fully saturated rings. The second-order valence-corrected chi connectivity index (χ2v) is 7.25. The van der Waals surface area contributed by atoms with E-state index in [9.17, 15) is 9.90 Å². The first kappa shape index (κ1) is 16.8.